The Morgan fingerprint density at radius 1 is 1.25 bits per heavy atom. The molecule has 2 rings (SSSR count). The highest BCUT2D eigenvalue weighted by atomic mass is 35.5. The first-order valence-electron chi connectivity index (χ1n) is 7.20. The van der Waals surface area contributed by atoms with E-state index in [2.05, 4.69) is 10.3 Å². The van der Waals surface area contributed by atoms with Gasteiger partial charge in [0.1, 0.15) is 0 Å². The van der Waals surface area contributed by atoms with Crippen LogP contribution in [0.2, 0.25) is 5.02 Å². The molecule has 0 saturated heterocycles. The molecule has 0 fully saturated rings. The van der Waals surface area contributed by atoms with E-state index in [0.29, 0.717) is 22.0 Å². The minimum atomic E-state index is -0.600. The summed E-state index contributed by atoms with van der Waals surface area (Å²) in [5, 5.41) is 3.08. The van der Waals surface area contributed by atoms with E-state index in [-0.39, 0.29) is 29.4 Å². The quantitative estimate of drug-likeness (QED) is 0.641. The average Bonchev–Trinajstić information content (AvgIpc) is 2.85. The van der Waals surface area contributed by atoms with Crippen molar-refractivity contribution in [2.75, 3.05) is 12.4 Å². The van der Waals surface area contributed by atoms with Gasteiger partial charge in [0.15, 0.2) is 5.78 Å². The molecule has 2 aromatic rings. The summed E-state index contributed by atoms with van der Waals surface area (Å²) >= 11 is 6.01. The molecule has 0 radical (unpaired) electrons. The van der Waals surface area contributed by atoms with Crippen LogP contribution in [-0.4, -0.2) is 29.8 Å². The van der Waals surface area contributed by atoms with Crippen molar-refractivity contribution in [2.24, 2.45) is 0 Å². The number of esters is 1. The van der Waals surface area contributed by atoms with Crippen molar-refractivity contribution in [1.29, 1.82) is 0 Å². The van der Waals surface area contributed by atoms with Crippen molar-refractivity contribution in [2.45, 2.75) is 20.3 Å². The van der Waals surface area contributed by atoms with Gasteiger partial charge in [-0.3, -0.25) is 9.59 Å². The molecule has 1 aromatic carbocycles. The van der Waals surface area contributed by atoms with Crippen LogP contribution in [0.1, 0.15) is 39.0 Å². The molecule has 0 saturated carbocycles. The molecule has 2 N–H and O–H groups in total. The summed E-state index contributed by atoms with van der Waals surface area (Å²) in [5.74, 6) is -1.20. The highest BCUT2D eigenvalue weighted by Crippen LogP contribution is 2.23. The number of para-hydroxylation sites is 1. The third-order valence-corrected chi connectivity index (χ3v) is 3.88. The number of H-pyrrole nitrogens is 1. The molecule has 1 amide bonds. The van der Waals surface area contributed by atoms with Crippen LogP contribution >= 0.6 is 11.6 Å². The zero-order chi connectivity index (χ0) is 17.9. The van der Waals surface area contributed by atoms with Gasteiger partial charge in [0.25, 0.3) is 0 Å². The van der Waals surface area contributed by atoms with Crippen LogP contribution in [0.25, 0.3) is 0 Å². The first kappa shape index (κ1) is 17.7. The molecule has 0 aliphatic heterocycles. The van der Waals surface area contributed by atoms with Crippen LogP contribution < -0.4 is 5.32 Å². The van der Waals surface area contributed by atoms with E-state index in [0.717, 1.165) is 0 Å². The van der Waals surface area contributed by atoms with E-state index in [1.54, 1.807) is 31.2 Å². The molecule has 1 heterocycles. The number of ketones is 1. The van der Waals surface area contributed by atoms with Crippen molar-refractivity contribution in [1.82, 2.24) is 4.98 Å². The smallest absolute Gasteiger partial charge is 0.339 e. The number of anilines is 1. The van der Waals surface area contributed by atoms with Gasteiger partial charge in [-0.1, -0.05) is 23.7 Å². The highest BCUT2D eigenvalue weighted by molar-refractivity contribution is 6.33. The van der Waals surface area contributed by atoms with Crippen molar-refractivity contribution in [3.63, 3.8) is 0 Å². The molecule has 0 bridgehead atoms. The first-order valence-corrected chi connectivity index (χ1v) is 7.58. The van der Waals surface area contributed by atoms with E-state index in [4.69, 9.17) is 16.3 Å². The van der Waals surface area contributed by atoms with Gasteiger partial charge in [0, 0.05) is 12.6 Å². The highest BCUT2D eigenvalue weighted by Gasteiger charge is 2.24. The predicted molar refractivity (Wildman–Crippen MR) is 90.7 cm³/mol. The molecule has 6 nitrogen and oxygen atoms in total. The molecule has 0 atom stereocenters. The van der Waals surface area contributed by atoms with E-state index in [9.17, 15) is 14.4 Å². The Morgan fingerprint density at radius 3 is 2.50 bits per heavy atom. The number of carbonyl (C=O) groups is 3. The normalized spacial score (nSPS) is 10.3. The molecular formula is C17H17ClN2O4. The largest absolute Gasteiger partial charge is 0.465 e. The second kappa shape index (κ2) is 7.31. The molecule has 0 aliphatic rings. The monoisotopic (exact) mass is 348 g/mol. The van der Waals surface area contributed by atoms with E-state index in [1.165, 1.54) is 14.0 Å². The summed E-state index contributed by atoms with van der Waals surface area (Å²) in [7, 11) is 1.25. The summed E-state index contributed by atoms with van der Waals surface area (Å²) in [5.41, 5.74) is 1.76. The lowest BCUT2D eigenvalue weighted by Crippen LogP contribution is -2.17. The number of Topliss-reactive ketones (excluding diaryl/α,β-unsaturated/α-hetero) is 1. The van der Waals surface area contributed by atoms with Crippen LogP contribution in [0.3, 0.4) is 0 Å². The summed E-state index contributed by atoms with van der Waals surface area (Å²) in [6.07, 6.45) is -0.121. The third-order valence-electron chi connectivity index (χ3n) is 3.55. The van der Waals surface area contributed by atoms with Crippen molar-refractivity contribution in [3.8, 4) is 0 Å². The maximum absolute atomic E-state index is 12.3. The molecule has 24 heavy (non-hydrogen) atoms. The van der Waals surface area contributed by atoms with Crippen molar-refractivity contribution >= 4 is 34.9 Å². The number of halogens is 1. The molecular weight excluding hydrogens is 332 g/mol. The number of amides is 1. The zero-order valence-corrected chi connectivity index (χ0v) is 14.3. The third kappa shape index (κ3) is 3.65. The van der Waals surface area contributed by atoms with Crippen LogP contribution in [-0.2, 0) is 16.0 Å². The molecule has 0 unspecified atom stereocenters. The lowest BCUT2D eigenvalue weighted by molar-refractivity contribution is -0.115. The van der Waals surface area contributed by atoms with Gasteiger partial charge in [0.2, 0.25) is 5.91 Å². The fraction of sp³-hybridized carbons (Fsp3) is 0.235. The van der Waals surface area contributed by atoms with E-state index < -0.39 is 5.97 Å². The molecule has 1 aromatic heterocycles. The Bertz CT molecular complexity index is 811. The lowest BCUT2D eigenvalue weighted by atomic mass is 10.1. The average molecular weight is 349 g/mol. The van der Waals surface area contributed by atoms with Crippen molar-refractivity contribution in [3.05, 3.63) is 51.8 Å². The number of methoxy groups -OCH3 is 1. The number of aromatic amines is 1. The SMILES string of the molecule is COC(=O)c1c(CC(=O)Nc2ccccc2Cl)[nH]c(C(C)=O)c1C. The Hall–Kier alpha value is -2.60. The fourth-order valence-electron chi connectivity index (χ4n) is 2.44. The van der Waals surface area contributed by atoms with Crippen LogP contribution in [0.15, 0.2) is 24.3 Å². The maximum Gasteiger partial charge on any atom is 0.339 e. The first-order chi connectivity index (χ1) is 11.3. The number of ether oxygens (including phenoxy) is 1. The van der Waals surface area contributed by atoms with Gasteiger partial charge >= 0.3 is 5.97 Å². The Labute approximate surface area is 144 Å². The minimum Gasteiger partial charge on any atom is -0.465 e. The molecule has 126 valence electrons. The molecule has 0 spiro atoms. The standard InChI is InChI=1S/C17H17ClN2O4/c1-9-15(17(23)24-3)13(20-16(9)10(2)21)8-14(22)19-12-7-5-4-6-11(12)18/h4-7,20H,8H2,1-3H3,(H,19,22). The fourth-order valence-corrected chi connectivity index (χ4v) is 2.62. The van der Waals surface area contributed by atoms with Gasteiger partial charge < -0.3 is 15.0 Å². The summed E-state index contributed by atoms with van der Waals surface area (Å²) in [6, 6.07) is 6.82. The van der Waals surface area contributed by atoms with Crippen LogP contribution in [0.4, 0.5) is 5.69 Å². The van der Waals surface area contributed by atoms with Gasteiger partial charge in [-0.05, 0) is 24.6 Å². The van der Waals surface area contributed by atoms with Gasteiger partial charge in [-0.15, -0.1) is 0 Å². The Kier molecular flexibility index (Phi) is 5.41. The van der Waals surface area contributed by atoms with Gasteiger partial charge in [-0.25, -0.2) is 4.79 Å². The maximum atomic E-state index is 12.3. The van der Waals surface area contributed by atoms with Gasteiger partial charge in [0.05, 0.1) is 35.5 Å². The van der Waals surface area contributed by atoms with Gasteiger partial charge in [-0.2, -0.15) is 0 Å². The second-order valence-electron chi connectivity index (χ2n) is 5.23. The predicted octanol–water partition coefficient (Wildman–Crippen LogP) is 3.15. The molecule has 7 heteroatoms. The number of carbonyl (C=O) groups excluding carboxylic acids is 3. The van der Waals surface area contributed by atoms with Crippen LogP contribution in [0.5, 0.6) is 0 Å². The lowest BCUT2D eigenvalue weighted by Gasteiger charge is -2.07. The number of hydrogen-bond acceptors (Lipinski definition) is 4. The number of hydrogen-bond donors (Lipinski definition) is 2. The number of nitrogens with one attached hydrogen (secondary N) is 2. The zero-order valence-electron chi connectivity index (χ0n) is 13.5. The number of rotatable bonds is 5. The van der Waals surface area contributed by atoms with E-state index >= 15 is 0 Å². The Balaban J connectivity index is 2.30. The Morgan fingerprint density at radius 2 is 1.92 bits per heavy atom. The molecule has 0 aliphatic carbocycles. The summed E-state index contributed by atoms with van der Waals surface area (Å²) in [4.78, 5) is 38.8. The van der Waals surface area contributed by atoms with E-state index in [1.807, 2.05) is 0 Å². The second-order valence-corrected chi connectivity index (χ2v) is 5.64. The summed E-state index contributed by atoms with van der Waals surface area (Å²) < 4.78 is 4.75. The number of benzene rings is 1. The van der Waals surface area contributed by atoms with Crippen LogP contribution in [0, 0.1) is 6.92 Å². The van der Waals surface area contributed by atoms with Crippen molar-refractivity contribution < 1.29 is 19.1 Å². The topological polar surface area (TPSA) is 88.3 Å². The summed E-state index contributed by atoms with van der Waals surface area (Å²) in [6.45, 7) is 3.02. The number of aromatic nitrogens is 1. The minimum absolute atomic E-state index is 0.121.